The molecule has 4 nitrogen and oxygen atoms in total. The zero-order valence-electron chi connectivity index (χ0n) is 15.5. The molecule has 7 heteroatoms. The minimum Gasteiger partial charge on any atom is -0.484 e. The third-order valence-electron chi connectivity index (χ3n) is 4.66. The highest BCUT2D eigenvalue weighted by molar-refractivity contribution is 5.49. The third kappa shape index (κ3) is 5.89. The highest BCUT2D eigenvalue weighted by atomic mass is 19.4. The van der Waals surface area contributed by atoms with E-state index in [0.29, 0.717) is 12.1 Å². The molecule has 1 aliphatic heterocycles. The average molecular weight is 389 g/mol. The van der Waals surface area contributed by atoms with Gasteiger partial charge >= 0.3 is 6.18 Å². The molecule has 1 aliphatic rings. The molecule has 0 saturated carbocycles. The van der Waals surface area contributed by atoms with E-state index in [9.17, 15) is 13.2 Å². The molecule has 0 N–H and O–H groups in total. The molecule has 2 aromatic rings. The van der Waals surface area contributed by atoms with Crippen LogP contribution < -0.4 is 9.64 Å². The van der Waals surface area contributed by atoms with Crippen LogP contribution in [0.25, 0.3) is 0 Å². The Kier molecular flexibility index (Phi) is 6.42. The van der Waals surface area contributed by atoms with Crippen LogP contribution >= 0.6 is 0 Å². The Labute approximate surface area is 162 Å². The Balaban J connectivity index is 1.56. The van der Waals surface area contributed by atoms with Crippen LogP contribution in [0.5, 0.6) is 5.75 Å². The number of hydrogen-bond donors (Lipinski definition) is 0. The van der Waals surface area contributed by atoms with Crippen molar-refractivity contribution in [2.75, 3.05) is 37.7 Å². The lowest BCUT2D eigenvalue weighted by Gasteiger charge is -2.24. The van der Waals surface area contributed by atoms with Crippen LogP contribution in [0.1, 0.15) is 17.5 Å². The molecule has 0 spiro atoms. The molecule has 0 unspecified atom stereocenters. The summed E-state index contributed by atoms with van der Waals surface area (Å²) in [6.07, 6.45) is -3.35. The van der Waals surface area contributed by atoms with E-state index in [4.69, 9.17) is 10.00 Å². The molecule has 1 heterocycles. The summed E-state index contributed by atoms with van der Waals surface area (Å²) in [7, 11) is 0. The van der Waals surface area contributed by atoms with Crippen molar-refractivity contribution < 1.29 is 17.9 Å². The highest BCUT2D eigenvalue weighted by Crippen LogP contribution is 2.21. The second-order valence-corrected chi connectivity index (χ2v) is 6.83. The summed E-state index contributed by atoms with van der Waals surface area (Å²) in [5.41, 5.74) is 2.68. The number of alkyl halides is 3. The molecular formula is C21H22F3N3O. The quantitative estimate of drug-likeness (QED) is 0.768. The minimum atomic E-state index is -4.34. The van der Waals surface area contributed by atoms with Gasteiger partial charge in [0, 0.05) is 38.4 Å². The second kappa shape index (κ2) is 8.98. The number of nitrogens with zero attached hydrogens (tertiary/aromatic N) is 3. The van der Waals surface area contributed by atoms with E-state index in [-0.39, 0.29) is 5.75 Å². The molecule has 3 rings (SSSR count). The van der Waals surface area contributed by atoms with E-state index in [1.165, 1.54) is 0 Å². The van der Waals surface area contributed by atoms with Crippen LogP contribution in [0.4, 0.5) is 18.9 Å². The molecule has 0 bridgehead atoms. The first-order chi connectivity index (χ1) is 13.4. The summed E-state index contributed by atoms with van der Waals surface area (Å²) in [6, 6.07) is 16.6. The predicted octanol–water partition coefficient (Wildman–Crippen LogP) is 4.21. The Hall–Kier alpha value is -2.72. The molecule has 28 heavy (non-hydrogen) atoms. The molecule has 0 amide bonds. The minimum absolute atomic E-state index is 0.240. The third-order valence-corrected chi connectivity index (χ3v) is 4.66. The molecule has 1 saturated heterocycles. The molecular weight excluding hydrogens is 367 g/mol. The second-order valence-electron chi connectivity index (χ2n) is 6.83. The van der Waals surface area contributed by atoms with Gasteiger partial charge in [-0.3, -0.25) is 4.90 Å². The topological polar surface area (TPSA) is 39.5 Å². The number of rotatable bonds is 5. The Bertz CT molecular complexity index is 815. The van der Waals surface area contributed by atoms with Crippen molar-refractivity contribution in [2.45, 2.75) is 19.1 Å². The van der Waals surface area contributed by atoms with Gasteiger partial charge in [-0.1, -0.05) is 12.1 Å². The van der Waals surface area contributed by atoms with E-state index in [1.807, 2.05) is 30.3 Å². The lowest BCUT2D eigenvalue weighted by atomic mass is 10.2. The van der Waals surface area contributed by atoms with E-state index >= 15 is 0 Å². The summed E-state index contributed by atoms with van der Waals surface area (Å²) in [4.78, 5) is 4.59. The van der Waals surface area contributed by atoms with Gasteiger partial charge in [-0.05, 0) is 48.4 Å². The maximum Gasteiger partial charge on any atom is 0.422 e. The van der Waals surface area contributed by atoms with Crippen LogP contribution in [0.2, 0.25) is 0 Å². The Morgan fingerprint density at radius 2 is 1.79 bits per heavy atom. The monoisotopic (exact) mass is 389 g/mol. The van der Waals surface area contributed by atoms with Crippen LogP contribution in [-0.4, -0.2) is 43.9 Å². The Morgan fingerprint density at radius 1 is 1.00 bits per heavy atom. The summed E-state index contributed by atoms with van der Waals surface area (Å²) in [5.74, 6) is 0.240. The molecule has 0 aliphatic carbocycles. The number of nitriles is 1. The fraction of sp³-hybridized carbons (Fsp3) is 0.381. The van der Waals surface area contributed by atoms with Gasteiger partial charge in [-0.15, -0.1) is 0 Å². The SMILES string of the molecule is N#Cc1ccc(N2CCCN(Cc3cccc(OCC(F)(F)F)c3)CC2)cc1. The number of anilines is 1. The van der Waals surface area contributed by atoms with Gasteiger partial charge in [0.25, 0.3) is 0 Å². The molecule has 0 atom stereocenters. The van der Waals surface area contributed by atoms with Gasteiger partial charge in [0.15, 0.2) is 6.61 Å². The van der Waals surface area contributed by atoms with Crippen LogP contribution in [0.15, 0.2) is 48.5 Å². The maximum absolute atomic E-state index is 12.3. The maximum atomic E-state index is 12.3. The van der Waals surface area contributed by atoms with Crippen molar-refractivity contribution in [2.24, 2.45) is 0 Å². The summed E-state index contributed by atoms with van der Waals surface area (Å²) in [6.45, 7) is 2.95. The van der Waals surface area contributed by atoms with Gasteiger partial charge in [0.2, 0.25) is 0 Å². The predicted molar refractivity (Wildman–Crippen MR) is 101 cm³/mol. The first-order valence-corrected chi connectivity index (χ1v) is 9.19. The van der Waals surface area contributed by atoms with Gasteiger partial charge in [0.05, 0.1) is 11.6 Å². The molecule has 0 radical (unpaired) electrons. The van der Waals surface area contributed by atoms with Gasteiger partial charge in [-0.25, -0.2) is 0 Å². The Morgan fingerprint density at radius 3 is 2.50 bits per heavy atom. The average Bonchev–Trinajstić information content (AvgIpc) is 2.92. The zero-order valence-corrected chi connectivity index (χ0v) is 15.5. The molecule has 0 aromatic heterocycles. The number of benzene rings is 2. The van der Waals surface area contributed by atoms with E-state index in [0.717, 1.165) is 43.9 Å². The van der Waals surface area contributed by atoms with Crippen molar-refractivity contribution in [1.82, 2.24) is 4.90 Å². The van der Waals surface area contributed by atoms with Crippen LogP contribution in [0.3, 0.4) is 0 Å². The zero-order chi connectivity index (χ0) is 20.0. The highest BCUT2D eigenvalue weighted by Gasteiger charge is 2.28. The molecule has 1 fully saturated rings. The lowest BCUT2D eigenvalue weighted by molar-refractivity contribution is -0.153. The van der Waals surface area contributed by atoms with Gasteiger partial charge < -0.3 is 9.64 Å². The number of hydrogen-bond acceptors (Lipinski definition) is 4. The van der Waals surface area contributed by atoms with Crippen molar-refractivity contribution in [1.29, 1.82) is 5.26 Å². The first kappa shape index (κ1) is 20.0. The fourth-order valence-corrected chi connectivity index (χ4v) is 3.29. The van der Waals surface area contributed by atoms with Crippen LogP contribution in [-0.2, 0) is 6.54 Å². The standard InChI is InChI=1S/C21H22F3N3O/c22-21(23,24)16-28-20-4-1-3-18(13-20)15-26-9-2-10-27(12-11-26)19-7-5-17(14-25)6-8-19/h1,3-8,13H,2,9-12,15-16H2. The van der Waals surface area contributed by atoms with Crippen molar-refractivity contribution >= 4 is 5.69 Å². The number of ether oxygens (including phenoxy) is 1. The van der Waals surface area contributed by atoms with E-state index in [2.05, 4.69) is 15.9 Å². The normalized spacial score (nSPS) is 15.7. The first-order valence-electron chi connectivity index (χ1n) is 9.19. The molecule has 2 aromatic carbocycles. The summed E-state index contributed by atoms with van der Waals surface area (Å²) < 4.78 is 41.8. The van der Waals surface area contributed by atoms with Crippen molar-refractivity contribution in [3.8, 4) is 11.8 Å². The van der Waals surface area contributed by atoms with Gasteiger partial charge in [-0.2, -0.15) is 18.4 Å². The van der Waals surface area contributed by atoms with E-state index in [1.54, 1.807) is 18.2 Å². The molecule has 148 valence electrons. The summed E-state index contributed by atoms with van der Waals surface area (Å²) >= 11 is 0. The van der Waals surface area contributed by atoms with Crippen molar-refractivity contribution in [3.63, 3.8) is 0 Å². The van der Waals surface area contributed by atoms with Gasteiger partial charge in [0.1, 0.15) is 5.75 Å². The smallest absolute Gasteiger partial charge is 0.422 e. The van der Waals surface area contributed by atoms with Crippen molar-refractivity contribution in [3.05, 3.63) is 59.7 Å². The summed E-state index contributed by atoms with van der Waals surface area (Å²) in [5, 5.41) is 8.92. The largest absolute Gasteiger partial charge is 0.484 e. The lowest BCUT2D eigenvalue weighted by Crippen LogP contribution is -2.30. The van der Waals surface area contributed by atoms with Crippen LogP contribution in [0, 0.1) is 11.3 Å². The fourth-order valence-electron chi connectivity index (χ4n) is 3.29. The number of halogens is 3. The van der Waals surface area contributed by atoms with E-state index < -0.39 is 12.8 Å².